The molecule has 9 rings (SSSR count). The van der Waals surface area contributed by atoms with E-state index in [1.54, 1.807) is 0 Å². The quantitative estimate of drug-likeness (QED) is 0.0290. The predicted octanol–water partition coefficient (Wildman–Crippen LogP) is -20.7. The first-order valence-electron chi connectivity index (χ1n) is 38.2. The molecule has 0 bridgehead atoms. The summed E-state index contributed by atoms with van der Waals surface area (Å²) in [6, 6.07) is -9.04. The van der Waals surface area contributed by atoms with Gasteiger partial charge in [0.05, 0.1) is 71.6 Å². The minimum absolute atomic E-state index is 0.803. The fourth-order valence-corrected chi connectivity index (χ4v) is 15.5. The molecule has 9 aliphatic rings. The number of ether oxygens (including phenoxy) is 17. The van der Waals surface area contributed by atoms with E-state index in [2.05, 4.69) is 26.6 Å². The van der Waals surface area contributed by atoms with Gasteiger partial charge in [-0.3, -0.25) is 24.0 Å². The van der Waals surface area contributed by atoms with Crippen LogP contribution in [0.4, 0.5) is 0 Å². The van der Waals surface area contributed by atoms with Gasteiger partial charge in [0.1, 0.15) is 213 Å². The molecule has 0 unspecified atom stereocenters. The summed E-state index contributed by atoms with van der Waals surface area (Å²) in [6.45, 7) is -5.10. The van der Waals surface area contributed by atoms with Crippen LogP contribution >= 0.6 is 0 Å². The highest BCUT2D eigenvalue weighted by atomic mass is 16.8. The molecule has 0 aliphatic carbocycles. The van der Waals surface area contributed by atoms with Crippen molar-refractivity contribution < 1.29 is 242 Å². The molecular formula is C67H111N5O49. The van der Waals surface area contributed by atoms with Crippen LogP contribution in [0.5, 0.6) is 0 Å². The third kappa shape index (κ3) is 22.5. The number of aliphatic hydroxyl groups excluding tert-OH is 25. The van der Waals surface area contributed by atoms with Crippen molar-refractivity contribution in [3.05, 3.63) is 0 Å². The first-order chi connectivity index (χ1) is 57.0. The van der Waals surface area contributed by atoms with Crippen LogP contribution in [0.3, 0.4) is 0 Å². The number of hydrogen-bond donors (Lipinski definition) is 31. The Morgan fingerprint density at radius 2 is 0.653 bits per heavy atom. The molecule has 698 valence electrons. The van der Waals surface area contributed by atoms with Gasteiger partial charge in [0, 0.05) is 41.0 Å². The molecule has 0 saturated carbocycles. The maximum Gasteiger partial charge on any atom is 0.364 e. The highest BCUT2D eigenvalue weighted by Gasteiger charge is 2.62. The van der Waals surface area contributed by atoms with Crippen molar-refractivity contribution in [3.63, 3.8) is 0 Å². The molecule has 54 nitrogen and oxygen atoms in total. The zero-order chi connectivity index (χ0) is 89.6. The van der Waals surface area contributed by atoms with Crippen LogP contribution in [-0.2, 0) is 109 Å². The zero-order valence-corrected chi connectivity index (χ0v) is 65.1. The van der Waals surface area contributed by atoms with Crippen molar-refractivity contribution in [2.75, 3.05) is 59.5 Å². The Labute approximate surface area is 684 Å². The number of carboxylic acids is 1. The van der Waals surface area contributed by atoms with Crippen LogP contribution in [0, 0.1) is 0 Å². The van der Waals surface area contributed by atoms with E-state index in [1.165, 1.54) is 0 Å². The third-order valence-electron chi connectivity index (χ3n) is 21.7. The van der Waals surface area contributed by atoms with Gasteiger partial charge in [0.15, 0.2) is 50.3 Å². The maximum absolute atomic E-state index is 13.0. The van der Waals surface area contributed by atoms with Gasteiger partial charge >= 0.3 is 5.97 Å². The van der Waals surface area contributed by atoms with Gasteiger partial charge in [-0.15, -0.1) is 0 Å². The molecule has 9 heterocycles. The Balaban J connectivity index is 0.877. The highest BCUT2D eigenvalue weighted by Crippen LogP contribution is 2.41. The normalized spacial score (nSPS) is 46.6. The number of rotatable bonds is 33. The third-order valence-corrected chi connectivity index (χ3v) is 21.7. The molecule has 9 fully saturated rings. The van der Waals surface area contributed by atoms with E-state index >= 15 is 0 Å². The molecule has 46 atom stereocenters. The summed E-state index contributed by atoms with van der Waals surface area (Å²) in [6.07, 6.45) is -83.7. The van der Waals surface area contributed by atoms with E-state index in [1.807, 2.05) is 0 Å². The maximum atomic E-state index is 13.0. The van der Waals surface area contributed by atoms with Gasteiger partial charge in [0.2, 0.25) is 29.5 Å². The van der Waals surface area contributed by atoms with E-state index in [4.69, 9.17) is 80.5 Å². The van der Waals surface area contributed by atoms with Crippen molar-refractivity contribution in [3.8, 4) is 0 Å². The van der Waals surface area contributed by atoms with Crippen molar-refractivity contribution >= 4 is 35.5 Å². The summed E-state index contributed by atoms with van der Waals surface area (Å²) < 4.78 is 98.9. The summed E-state index contributed by atoms with van der Waals surface area (Å²) in [7, 11) is 0. The van der Waals surface area contributed by atoms with Gasteiger partial charge in [-0.1, -0.05) is 0 Å². The first-order valence-corrected chi connectivity index (χ1v) is 38.2. The SMILES string of the molecule is CC(=O)N[C@@H]1[C@@H](O[C@@H]2O[C@H](CO)[C@H](O)[C@H](O)[C@H]2O)[C@@H](O)[C@@H](CO[C@@H]2O[C@H](CO)[C@@H](O[C@@H]3O[C@H](CO)[C@H](O)[C@H](O[C@@H]4O[C@H](CO)[C@@H](O[C@@H]5O[C@H](CO)[C@H](O)[C@H](O[C@@H]6O[C@H](CO)[C@@H](O[C@@H]7O[C@H](CO[C@]8(C(=O)O)C[C@H](O)[C@@H](NC(C)=O)[C@H]([C@H](O)[C@H](O)CO)O8)[C@H](O)[C@H](O)[C@H]7O)[C@H](O)[C@H]6NC(C)=O)[C@H]5O)[C@H](O)[C@H]4NC(C)=O)[C@H]3O)[C@H](O)[C@H]2NC(C)=O)O[C@H]1O. The fourth-order valence-electron chi connectivity index (χ4n) is 15.5. The van der Waals surface area contributed by atoms with Crippen molar-refractivity contribution in [2.24, 2.45) is 0 Å². The average molecular weight is 1770 g/mol. The molecule has 0 radical (unpaired) electrons. The number of hydrogen-bond acceptors (Lipinski definition) is 48. The molecule has 5 amide bonds. The smallest absolute Gasteiger partial charge is 0.364 e. The van der Waals surface area contributed by atoms with Gasteiger partial charge < -0.3 is 240 Å². The minimum Gasteiger partial charge on any atom is -0.477 e. The zero-order valence-electron chi connectivity index (χ0n) is 65.1. The molecule has 54 heteroatoms. The van der Waals surface area contributed by atoms with Gasteiger partial charge in [0.25, 0.3) is 5.79 Å². The van der Waals surface area contributed by atoms with Crippen molar-refractivity contribution in [1.29, 1.82) is 0 Å². The topological polar surface area (TPSA) is 845 Å². The number of aliphatic carboxylic acids is 1. The Kier molecular flexibility index (Phi) is 35.7. The van der Waals surface area contributed by atoms with Gasteiger partial charge in [-0.2, -0.15) is 0 Å². The summed E-state index contributed by atoms with van der Waals surface area (Å²) in [4.78, 5) is 76.0. The van der Waals surface area contributed by atoms with Crippen LogP contribution in [-0.4, -0.2) is 509 Å². The second kappa shape index (κ2) is 43.3. The Bertz CT molecular complexity index is 3340. The molecule has 0 aromatic carbocycles. The van der Waals surface area contributed by atoms with Crippen LogP contribution in [0.15, 0.2) is 0 Å². The van der Waals surface area contributed by atoms with E-state index in [-0.39, 0.29) is 0 Å². The average Bonchev–Trinajstić information content (AvgIpc) is 0.765. The monoisotopic (exact) mass is 1770 g/mol. The lowest BCUT2D eigenvalue weighted by atomic mass is 9.88. The number of carboxylic acid groups (broad SMARTS) is 1. The van der Waals surface area contributed by atoms with Gasteiger partial charge in [-0.05, 0) is 0 Å². The molecule has 9 aliphatic heterocycles. The molecule has 9 saturated heterocycles. The van der Waals surface area contributed by atoms with E-state index in [0.29, 0.717) is 0 Å². The summed E-state index contributed by atoms with van der Waals surface area (Å²) in [5, 5.41) is 299. The summed E-state index contributed by atoms with van der Waals surface area (Å²) in [5.74, 6) is -9.52. The number of nitrogens with one attached hydrogen (secondary N) is 5. The highest BCUT2D eigenvalue weighted by molar-refractivity contribution is 5.77. The van der Waals surface area contributed by atoms with Crippen molar-refractivity contribution in [2.45, 2.75) is 323 Å². The number of aliphatic hydroxyl groups is 25. The Morgan fingerprint density at radius 1 is 0.339 bits per heavy atom. The number of amides is 5. The molecule has 31 N–H and O–H groups in total. The molecule has 0 aromatic rings. The van der Waals surface area contributed by atoms with Crippen LogP contribution < -0.4 is 26.6 Å². The summed E-state index contributed by atoms with van der Waals surface area (Å²) in [5.41, 5.74) is 0. The number of carbonyl (C=O) groups excluding carboxylic acids is 5. The molecular weight excluding hydrogens is 1660 g/mol. The van der Waals surface area contributed by atoms with Crippen LogP contribution in [0.2, 0.25) is 0 Å². The fraction of sp³-hybridized carbons (Fsp3) is 0.910. The molecule has 0 spiro atoms. The van der Waals surface area contributed by atoms with Crippen LogP contribution in [0.25, 0.3) is 0 Å². The second-order valence-electron chi connectivity index (χ2n) is 30.4. The Hall–Kier alpha value is -4.86. The molecule has 121 heavy (non-hydrogen) atoms. The van der Waals surface area contributed by atoms with Crippen molar-refractivity contribution in [1.82, 2.24) is 26.6 Å². The predicted molar refractivity (Wildman–Crippen MR) is 372 cm³/mol. The standard InChI is InChI=1S/C67H111N5O49/c1-16(80)68-31-21(85)6-67(66(103)104,121-55(31)36(87)22(86)7-73)106-15-30-38(89)46(97)48(99)63(114-30)115-52-27(12-78)112-60(33(43(52)94)70-18(3)82)119-57-40(91)25(10-76)110-65(50(57)101)117-53-28(13-79)113-61(34(44(53)95)71-19(4)83)120-56-39(90)24(9-75)109-64(49(56)100)116-51-26(11-77)111-59(32(42(51)93)69-17(2)81)105-14-29-41(92)54(35(58(102)107-29)72-20(5)84)118-62-47(98)45(96)37(88)23(8-74)108-62/h21-65,73-79,85-102H,6-15H2,1-5H3,(H,68,80)(H,69,81)(H,70,82)(H,71,83)(H,72,84)(H,103,104)/t21-,22+,23+,24+,25+,26+,27+,28+,29+,30+,31+,32+,33+,34+,35+,36+,37-,38-,39-,40-,41-,42+,43+,44+,45-,46-,47+,48+,49+,50+,51+,52+,53+,54+,55+,56-,57-,58+,59+,60-,61-,62-,63-,64-,65-,67+/m0/s1. The molecule has 0 aromatic heterocycles. The lowest BCUT2D eigenvalue weighted by Crippen LogP contribution is -2.71. The largest absolute Gasteiger partial charge is 0.477 e. The Morgan fingerprint density at radius 3 is 1.04 bits per heavy atom. The lowest BCUT2D eigenvalue weighted by Gasteiger charge is -2.51. The number of carbonyl (C=O) groups is 6. The minimum atomic E-state index is -3.05. The van der Waals surface area contributed by atoms with Crippen LogP contribution in [0.1, 0.15) is 41.0 Å². The lowest BCUT2D eigenvalue weighted by molar-refractivity contribution is -0.386. The van der Waals surface area contributed by atoms with Gasteiger partial charge in [-0.25, -0.2) is 4.79 Å². The van der Waals surface area contributed by atoms with E-state index in [0.717, 1.165) is 34.6 Å². The van der Waals surface area contributed by atoms with E-state index < -0.39 is 383 Å². The first kappa shape index (κ1) is 99.9. The summed E-state index contributed by atoms with van der Waals surface area (Å²) >= 11 is 0. The second-order valence-corrected chi connectivity index (χ2v) is 30.4. The van der Waals surface area contributed by atoms with E-state index in [9.17, 15) is 162 Å².